The van der Waals surface area contributed by atoms with Crippen LogP contribution in [0.4, 0.5) is 0 Å². The number of hydrogen-bond acceptors (Lipinski definition) is 16. The van der Waals surface area contributed by atoms with Gasteiger partial charge in [-0.15, -0.1) is 0 Å². The average molecular weight is 1070 g/mol. The van der Waals surface area contributed by atoms with E-state index in [1.54, 1.807) is 21.0 Å². The molecule has 3 aromatic rings. The van der Waals surface area contributed by atoms with E-state index in [1.165, 1.54) is 0 Å². The Hall–Kier alpha value is -5.78. The summed E-state index contributed by atoms with van der Waals surface area (Å²) in [6, 6.07) is 26.6. The lowest BCUT2D eigenvalue weighted by Gasteiger charge is -2.19. The molecular weight excluding hydrogens is 977 g/mol. The molecule has 16 heteroatoms. The highest BCUT2D eigenvalue weighted by atomic mass is 16.7. The van der Waals surface area contributed by atoms with Crippen molar-refractivity contribution in [1.82, 2.24) is 0 Å². The van der Waals surface area contributed by atoms with Gasteiger partial charge in [-0.25, -0.2) is 9.59 Å². The number of ether oxygens (including phenoxy) is 12. The third-order valence-electron chi connectivity index (χ3n) is 10.8. The first-order chi connectivity index (χ1) is 37.0. The van der Waals surface area contributed by atoms with Crippen molar-refractivity contribution in [2.24, 2.45) is 0 Å². The van der Waals surface area contributed by atoms with Crippen molar-refractivity contribution in [2.75, 3.05) is 86.4 Å². The second kappa shape index (κ2) is 45.4. The maximum Gasteiger partial charge on any atom is 0.333 e. The van der Waals surface area contributed by atoms with Gasteiger partial charge >= 0.3 is 23.9 Å². The van der Waals surface area contributed by atoms with Gasteiger partial charge in [0.15, 0.2) is 6.10 Å². The molecule has 2 atom stereocenters. The van der Waals surface area contributed by atoms with Crippen LogP contribution >= 0.6 is 0 Å². The summed E-state index contributed by atoms with van der Waals surface area (Å²) >= 11 is 0. The normalized spacial score (nSPS) is 11.5. The predicted octanol–water partition coefficient (Wildman–Crippen LogP) is 11.3. The van der Waals surface area contributed by atoms with Gasteiger partial charge in [-0.2, -0.15) is 0 Å². The summed E-state index contributed by atoms with van der Waals surface area (Å²) in [5.74, 6) is 0.892. The number of carbonyl (C=O) groups is 4. The van der Waals surface area contributed by atoms with Crippen molar-refractivity contribution < 1.29 is 76.0 Å². The minimum atomic E-state index is -0.745. The molecule has 0 fully saturated rings. The zero-order valence-electron chi connectivity index (χ0n) is 46.0. The summed E-state index contributed by atoms with van der Waals surface area (Å²) in [5.41, 5.74) is 1.80. The Bertz CT molecular complexity index is 1980. The number of para-hydroxylation sites is 1. The molecule has 3 rings (SSSR count). The summed E-state index contributed by atoms with van der Waals surface area (Å²) in [4.78, 5) is 47.5. The minimum absolute atomic E-state index is 0.197. The first-order valence-corrected chi connectivity index (χ1v) is 27.0. The molecule has 0 radical (unpaired) electrons. The minimum Gasteiger partial charge on any atom is -0.497 e. The first-order valence-electron chi connectivity index (χ1n) is 27.0. The number of carbonyl (C=O) groups excluding carboxylic acids is 4. The van der Waals surface area contributed by atoms with Crippen LogP contribution in [0.25, 0.3) is 0 Å². The number of methoxy groups -OCH3 is 1. The highest BCUT2D eigenvalue weighted by Crippen LogP contribution is 2.19. The van der Waals surface area contributed by atoms with Gasteiger partial charge in [-0.1, -0.05) is 100 Å². The zero-order valence-corrected chi connectivity index (χ0v) is 46.0. The maximum atomic E-state index is 12.5. The van der Waals surface area contributed by atoms with Crippen LogP contribution in [-0.4, -0.2) is 123 Å². The zero-order chi connectivity index (χ0) is 55.1. The van der Waals surface area contributed by atoms with Crippen LogP contribution in [0, 0.1) is 0 Å². The molecule has 0 saturated heterocycles. The maximum absolute atomic E-state index is 12.5. The van der Waals surface area contributed by atoms with E-state index in [2.05, 4.69) is 20.1 Å². The smallest absolute Gasteiger partial charge is 0.333 e. The fraction of sp³-hybridized carbons (Fsp3) is 0.567. The van der Waals surface area contributed by atoms with Crippen molar-refractivity contribution in [1.29, 1.82) is 0 Å². The largest absolute Gasteiger partial charge is 0.497 e. The number of benzene rings is 3. The Kier molecular flexibility index (Phi) is 39.6. The molecular formula is C60H88O16. The van der Waals surface area contributed by atoms with E-state index >= 15 is 0 Å². The van der Waals surface area contributed by atoms with Crippen molar-refractivity contribution in [3.05, 3.63) is 115 Å². The second-order valence-electron chi connectivity index (χ2n) is 17.9. The van der Waals surface area contributed by atoms with Crippen molar-refractivity contribution in [3.8, 4) is 17.2 Å². The topological polar surface area (TPSA) is 179 Å². The molecule has 16 nitrogen and oxygen atoms in total. The van der Waals surface area contributed by atoms with E-state index in [9.17, 15) is 19.2 Å². The van der Waals surface area contributed by atoms with Gasteiger partial charge in [0.05, 0.1) is 40.1 Å². The van der Waals surface area contributed by atoms with Gasteiger partial charge in [0, 0.05) is 63.1 Å². The SMILES string of the molecule is C=C(C)C(=O)OCCCCCCC(=O)OC(COCCCCOCCC)OCc1ccccc1.C=C(C)C(=O)OCCCCCCC(=O)OC(COCCCCOCCOc1cccc(OC)c1)COc1ccccc1. The molecule has 0 spiro atoms. The second-order valence-corrected chi connectivity index (χ2v) is 17.9. The Morgan fingerprint density at radius 1 is 0.474 bits per heavy atom. The standard InChI is InChI=1S/C33H46O9.C27H42O7/c1-27(2)33(35)40-21-10-5-4-9-18-32(34)42-31(26-41-28-14-7-6-8-15-28)25-38-20-12-11-19-37-22-23-39-30-17-13-16-29(24-30)36-3;1-4-17-30-18-12-13-19-31-22-26(33-21-24-14-8-7-9-15-24)34-25(28)16-10-5-6-11-20-32-27(29)23(2)3/h6-8,13-17,24,31H,1,4-5,9-12,18-23,25-26H2,2-3H3;7-9,14-15,26H,2,4-6,10-13,16-22H2,1,3H3. The summed E-state index contributed by atoms with van der Waals surface area (Å²) in [6.07, 6.45) is 10.2. The molecule has 0 saturated carbocycles. The van der Waals surface area contributed by atoms with Gasteiger partial charge in [0.2, 0.25) is 6.29 Å². The van der Waals surface area contributed by atoms with Crippen molar-refractivity contribution in [2.45, 2.75) is 136 Å². The number of rotatable bonds is 45. The third-order valence-corrected chi connectivity index (χ3v) is 10.8. The van der Waals surface area contributed by atoms with E-state index in [-0.39, 0.29) is 43.7 Å². The van der Waals surface area contributed by atoms with Gasteiger partial charge in [0.1, 0.15) is 37.1 Å². The van der Waals surface area contributed by atoms with Gasteiger partial charge in [-0.05, 0) is 101 Å². The van der Waals surface area contributed by atoms with Crippen LogP contribution in [0.3, 0.4) is 0 Å². The van der Waals surface area contributed by atoms with Gasteiger partial charge in [-0.3, -0.25) is 9.59 Å². The van der Waals surface area contributed by atoms with Gasteiger partial charge in [0.25, 0.3) is 0 Å². The lowest BCUT2D eigenvalue weighted by molar-refractivity contribution is -0.194. The molecule has 0 aliphatic rings. The van der Waals surface area contributed by atoms with E-state index in [0.29, 0.717) is 95.4 Å². The van der Waals surface area contributed by atoms with E-state index in [0.717, 1.165) is 101 Å². The molecule has 0 aliphatic carbocycles. The lowest BCUT2D eigenvalue weighted by Crippen LogP contribution is -2.30. The van der Waals surface area contributed by atoms with Crippen LogP contribution in [0.15, 0.2) is 109 Å². The summed E-state index contributed by atoms with van der Waals surface area (Å²) < 4.78 is 66.4. The number of hydrogen-bond donors (Lipinski definition) is 0. The van der Waals surface area contributed by atoms with Crippen molar-refractivity contribution in [3.63, 3.8) is 0 Å². The van der Waals surface area contributed by atoms with E-state index in [4.69, 9.17) is 56.8 Å². The highest BCUT2D eigenvalue weighted by molar-refractivity contribution is 5.87. The van der Waals surface area contributed by atoms with Gasteiger partial charge < -0.3 is 56.8 Å². The molecule has 0 bridgehead atoms. The first kappa shape index (κ1) is 66.3. The molecule has 424 valence electrons. The van der Waals surface area contributed by atoms with Crippen LogP contribution in [0.5, 0.6) is 17.2 Å². The predicted molar refractivity (Wildman–Crippen MR) is 291 cm³/mol. The molecule has 0 heterocycles. The third kappa shape index (κ3) is 37.0. The van der Waals surface area contributed by atoms with Crippen LogP contribution < -0.4 is 14.2 Å². The number of esters is 4. The average Bonchev–Trinajstić information content (AvgIpc) is 3.42. The molecule has 0 aliphatic heterocycles. The van der Waals surface area contributed by atoms with E-state index in [1.807, 2.05) is 84.9 Å². The lowest BCUT2D eigenvalue weighted by atomic mass is 10.1. The molecule has 0 amide bonds. The monoisotopic (exact) mass is 1060 g/mol. The molecule has 76 heavy (non-hydrogen) atoms. The summed E-state index contributed by atoms with van der Waals surface area (Å²) in [7, 11) is 1.62. The highest BCUT2D eigenvalue weighted by Gasteiger charge is 2.18. The summed E-state index contributed by atoms with van der Waals surface area (Å²) in [5, 5.41) is 0. The quantitative estimate of drug-likeness (QED) is 0.0171. The number of unbranched alkanes of at least 4 members (excludes halogenated alkanes) is 8. The van der Waals surface area contributed by atoms with Crippen LogP contribution in [-0.2, 0) is 68.4 Å². The Balaban J connectivity index is 0.000000532. The molecule has 0 N–H and O–H groups in total. The Morgan fingerprint density at radius 3 is 1.55 bits per heavy atom. The molecule has 3 aromatic carbocycles. The summed E-state index contributed by atoms with van der Waals surface area (Å²) in [6.45, 7) is 18.3. The van der Waals surface area contributed by atoms with Crippen molar-refractivity contribution >= 4 is 23.9 Å². The Morgan fingerprint density at radius 2 is 0.974 bits per heavy atom. The molecule has 2 unspecified atom stereocenters. The Labute approximate surface area is 453 Å². The van der Waals surface area contributed by atoms with E-state index < -0.39 is 12.4 Å². The fourth-order valence-electron chi connectivity index (χ4n) is 6.65. The molecule has 0 aromatic heterocycles. The van der Waals surface area contributed by atoms with Crippen LogP contribution in [0.1, 0.15) is 123 Å². The van der Waals surface area contributed by atoms with Crippen LogP contribution in [0.2, 0.25) is 0 Å². The fourth-order valence-corrected chi connectivity index (χ4v) is 6.65.